The zero-order valence-corrected chi connectivity index (χ0v) is 13.4. The number of nitrogens with one attached hydrogen (secondary N) is 1. The maximum Gasteiger partial charge on any atom is 0.331 e. The molecule has 128 valence electrons. The maximum atomic E-state index is 12.3. The lowest BCUT2D eigenvalue weighted by Crippen LogP contribution is -2.41. The van der Waals surface area contributed by atoms with Gasteiger partial charge in [-0.3, -0.25) is 14.9 Å². The number of esters is 1. The van der Waals surface area contributed by atoms with Crippen LogP contribution in [0.1, 0.15) is 5.56 Å². The second-order valence-electron chi connectivity index (χ2n) is 5.66. The van der Waals surface area contributed by atoms with Crippen molar-refractivity contribution < 1.29 is 19.2 Å². The van der Waals surface area contributed by atoms with E-state index in [1.807, 2.05) is 19.1 Å². The molecule has 0 radical (unpaired) electrons. The Balaban J connectivity index is 1.75. The van der Waals surface area contributed by atoms with Crippen LogP contribution in [-0.4, -0.2) is 29.9 Å². The fourth-order valence-electron chi connectivity index (χ4n) is 2.57. The molecule has 8 heteroatoms. The minimum Gasteiger partial charge on any atom is -0.423 e. The first-order valence-corrected chi connectivity index (χ1v) is 7.53. The van der Waals surface area contributed by atoms with Crippen LogP contribution in [0.25, 0.3) is 0 Å². The van der Waals surface area contributed by atoms with Crippen molar-refractivity contribution in [2.24, 2.45) is 0 Å². The summed E-state index contributed by atoms with van der Waals surface area (Å²) >= 11 is 0. The molecule has 0 atom stereocenters. The van der Waals surface area contributed by atoms with Gasteiger partial charge in [-0.1, -0.05) is 12.1 Å². The standard InChI is InChI=1S/C17H15N3O5/c1-11-5-6-15-14(7-11)19(10-17(22)25-15)9-16(21)18-12-3-2-4-13(8-12)20(23)24/h2-8H,9-10H2,1H3,(H,18,21). The first kappa shape index (κ1) is 16.4. The molecule has 2 aromatic carbocycles. The molecule has 0 aromatic heterocycles. The fraction of sp³-hybridized carbons (Fsp3) is 0.176. The minimum atomic E-state index is -0.532. The number of anilines is 2. The molecular weight excluding hydrogens is 326 g/mol. The third-order valence-corrected chi connectivity index (χ3v) is 3.67. The summed E-state index contributed by atoms with van der Waals surface area (Å²) in [7, 11) is 0. The first-order valence-electron chi connectivity index (χ1n) is 7.53. The number of rotatable bonds is 4. The fourth-order valence-corrected chi connectivity index (χ4v) is 2.57. The Hall–Kier alpha value is -3.42. The number of carbonyl (C=O) groups is 2. The Labute approximate surface area is 143 Å². The quantitative estimate of drug-likeness (QED) is 0.396. The van der Waals surface area contributed by atoms with Crippen LogP contribution < -0.4 is 15.0 Å². The third-order valence-electron chi connectivity index (χ3n) is 3.67. The molecule has 3 rings (SSSR count). The molecule has 1 N–H and O–H groups in total. The average molecular weight is 341 g/mol. The second kappa shape index (κ2) is 6.60. The largest absolute Gasteiger partial charge is 0.423 e. The normalized spacial score (nSPS) is 13.0. The number of non-ortho nitro benzene ring substituents is 1. The van der Waals surface area contributed by atoms with Crippen molar-refractivity contribution in [2.45, 2.75) is 6.92 Å². The van der Waals surface area contributed by atoms with Crippen LogP contribution in [0, 0.1) is 17.0 Å². The predicted octanol–water partition coefficient (Wildman–Crippen LogP) is 2.27. The molecule has 1 aliphatic rings. The van der Waals surface area contributed by atoms with Gasteiger partial charge < -0.3 is 15.0 Å². The zero-order valence-electron chi connectivity index (χ0n) is 13.4. The van der Waals surface area contributed by atoms with Crippen molar-refractivity contribution in [1.29, 1.82) is 0 Å². The van der Waals surface area contributed by atoms with Crippen molar-refractivity contribution in [2.75, 3.05) is 23.3 Å². The van der Waals surface area contributed by atoms with Crippen molar-refractivity contribution in [3.05, 3.63) is 58.1 Å². The average Bonchev–Trinajstić information content (AvgIpc) is 2.55. The summed E-state index contributed by atoms with van der Waals surface area (Å²) in [6, 6.07) is 11.0. The number of amides is 1. The number of nitrogens with zero attached hydrogens (tertiary/aromatic N) is 2. The number of nitro groups is 1. The molecular formula is C17H15N3O5. The molecule has 0 bridgehead atoms. The molecule has 0 saturated heterocycles. The lowest BCUT2D eigenvalue weighted by Gasteiger charge is -2.29. The Morgan fingerprint density at radius 1 is 1.32 bits per heavy atom. The van der Waals surface area contributed by atoms with Gasteiger partial charge in [0.15, 0.2) is 5.75 Å². The monoisotopic (exact) mass is 341 g/mol. The van der Waals surface area contributed by atoms with E-state index in [0.29, 0.717) is 17.1 Å². The summed E-state index contributed by atoms with van der Waals surface area (Å²) in [6.07, 6.45) is 0. The molecule has 0 aliphatic carbocycles. The van der Waals surface area contributed by atoms with Crippen molar-refractivity contribution in [1.82, 2.24) is 0 Å². The van der Waals surface area contributed by atoms with Crippen molar-refractivity contribution in [3.8, 4) is 5.75 Å². The summed E-state index contributed by atoms with van der Waals surface area (Å²) in [5.41, 5.74) is 1.85. The van der Waals surface area contributed by atoms with Gasteiger partial charge in [0, 0.05) is 17.8 Å². The van der Waals surface area contributed by atoms with Gasteiger partial charge in [-0.25, -0.2) is 4.79 Å². The lowest BCUT2D eigenvalue weighted by atomic mass is 10.1. The number of hydrogen-bond donors (Lipinski definition) is 1. The summed E-state index contributed by atoms with van der Waals surface area (Å²) in [6.45, 7) is 1.78. The van der Waals surface area contributed by atoms with Crippen molar-refractivity contribution >= 4 is 28.9 Å². The maximum absolute atomic E-state index is 12.3. The van der Waals surface area contributed by atoms with Gasteiger partial charge in [0.1, 0.15) is 6.54 Å². The Morgan fingerprint density at radius 2 is 2.12 bits per heavy atom. The van der Waals surface area contributed by atoms with E-state index in [1.54, 1.807) is 17.0 Å². The molecule has 1 heterocycles. The number of nitro benzene ring substituents is 1. The van der Waals surface area contributed by atoms with Crippen LogP contribution in [0.5, 0.6) is 5.75 Å². The van der Waals surface area contributed by atoms with E-state index in [4.69, 9.17) is 4.74 Å². The highest BCUT2D eigenvalue weighted by Gasteiger charge is 2.25. The second-order valence-corrected chi connectivity index (χ2v) is 5.66. The highest BCUT2D eigenvalue weighted by molar-refractivity contribution is 5.96. The molecule has 0 unspecified atom stereocenters. The van der Waals surface area contributed by atoms with Gasteiger partial charge in [-0.05, 0) is 30.7 Å². The number of benzene rings is 2. The number of carbonyl (C=O) groups excluding carboxylic acids is 2. The SMILES string of the molecule is Cc1ccc2c(c1)N(CC(=O)Nc1cccc([N+](=O)[O-])c1)CC(=O)O2. The van der Waals surface area contributed by atoms with Gasteiger partial charge in [0.25, 0.3) is 5.69 Å². The number of ether oxygens (including phenoxy) is 1. The number of hydrogen-bond acceptors (Lipinski definition) is 6. The highest BCUT2D eigenvalue weighted by atomic mass is 16.6. The lowest BCUT2D eigenvalue weighted by molar-refractivity contribution is -0.384. The summed E-state index contributed by atoms with van der Waals surface area (Å²) < 4.78 is 5.17. The van der Waals surface area contributed by atoms with E-state index in [9.17, 15) is 19.7 Å². The molecule has 0 spiro atoms. The van der Waals surface area contributed by atoms with Crippen LogP contribution in [0.15, 0.2) is 42.5 Å². The van der Waals surface area contributed by atoms with Crippen LogP contribution in [-0.2, 0) is 9.59 Å². The van der Waals surface area contributed by atoms with E-state index in [1.165, 1.54) is 18.2 Å². The first-order chi connectivity index (χ1) is 11.9. The Morgan fingerprint density at radius 3 is 2.88 bits per heavy atom. The van der Waals surface area contributed by atoms with Gasteiger partial charge in [-0.2, -0.15) is 0 Å². The highest BCUT2D eigenvalue weighted by Crippen LogP contribution is 2.32. The van der Waals surface area contributed by atoms with E-state index in [0.717, 1.165) is 5.56 Å². The summed E-state index contributed by atoms with van der Waals surface area (Å²) in [5.74, 6) is -0.424. The smallest absolute Gasteiger partial charge is 0.331 e. The van der Waals surface area contributed by atoms with Gasteiger partial charge in [0.2, 0.25) is 5.91 Å². The van der Waals surface area contributed by atoms with Crippen LogP contribution in [0.3, 0.4) is 0 Å². The molecule has 8 nitrogen and oxygen atoms in total. The number of aryl methyl sites for hydroxylation is 1. The minimum absolute atomic E-state index is 0.0428. The van der Waals surface area contributed by atoms with Gasteiger partial charge >= 0.3 is 5.97 Å². The van der Waals surface area contributed by atoms with E-state index in [-0.39, 0.29) is 24.7 Å². The molecule has 0 saturated carbocycles. The molecule has 0 fully saturated rings. The van der Waals surface area contributed by atoms with Gasteiger partial charge in [-0.15, -0.1) is 0 Å². The van der Waals surface area contributed by atoms with Crippen LogP contribution in [0.4, 0.5) is 17.1 Å². The number of fused-ring (bicyclic) bond motifs is 1. The van der Waals surface area contributed by atoms with Crippen LogP contribution >= 0.6 is 0 Å². The molecule has 2 aromatic rings. The summed E-state index contributed by atoms with van der Waals surface area (Å²) in [5, 5.41) is 13.4. The van der Waals surface area contributed by atoms with E-state index < -0.39 is 10.9 Å². The Bertz CT molecular complexity index is 865. The molecule has 25 heavy (non-hydrogen) atoms. The molecule has 1 amide bonds. The topological polar surface area (TPSA) is 102 Å². The van der Waals surface area contributed by atoms with E-state index in [2.05, 4.69) is 5.32 Å². The van der Waals surface area contributed by atoms with E-state index >= 15 is 0 Å². The zero-order chi connectivity index (χ0) is 18.0. The van der Waals surface area contributed by atoms with Crippen molar-refractivity contribution in [3.63, 3.8) is 0 Å². The molecule has 1 aliphatic heterocycles. The predicted molar refractivity (Wildman–Crippen MR) is 90.8 cm³/mol. The summed E-state index contributed by atoms with van der Waals surface area (Å²) in [4.78, 5) is 35.9. The Kier molecular flexibility index (Phi) is 4.34. The van der Waals surface area contributed by atoms with Crippen LogP contribution in [0.2, 0.25) is 0 Å². The third kappa shape index (κ3) is 3.74. The van der Waals surface area contributed by atoms with Gasteiger partial charge in [0.05, 0.1) is 17.2 Å².